The highest BCUT2D eigenvalue weighted by molar-refractivity contribution is 14.0. The first-order valence-electron chi connectivity index (χ1n) is 10.3. The average molecular weight is 540 g/mol. The van der Waals surface area contributed by atoms with Crippen molar-refractivity contribution >= 4 is 35.8 Å². The van der Waals surface area contributed by atoms with E-state index in [0.717, 1.165) is 18.9 Å². The van der Waals surface area contributed by atoms with Crippen LogP contribution in [0.25, 0.3) is 0 Å². The van der Waals surface area contributed by atoms with Gasteiger partial charge in [-0.15, -0.1) is 24.0 Å². The number of hydrogen-bond donors (Lipinski definition) is 3. The molecule has 0 spiro atoms. The molecule has 0 heterocycles. The van der Waals surface area contributed by atoms with Crippen LogP contribution >= 0.6 is 24.0 Å². The van der Waals surface area contributed by atoms with Gasteiger partial charge in [0.05, 0.1) is 5.56 Å². The second-order valence-corrected chi connectivity index (χ2v) is 7.45. The lowest BCUT2D eigenvalue weighted by Crippen LogP contribution is -2.38. The number of aliphatic imine (C=N–C) groups is 1. The molecule has 1 aliphatic carbocycles. The summed E-state index contributed by atoms with van der Waals surface area (Å²) in [6.45, 7) is 5.71. The van der Waals surface area contributed by atoms with Crippen LogP contribution in [-0.2, 0) is 11.0 Å². The summed E-state index contributed by atoms with van der Waals surface area (Å²) in [6.07, 6.45) is -0.347. The molecule has 170 valence electrons. The van der Waals surface area contributed by atoms with Crippen LogP contribution in [0, 0.1) is 0 Å². The van der Waals surface area contributed by atoms with Gasteiger partial charge in [-0.05, 0) is 50.2 Å². The van der Waals surface area contributed by atoms with Crippen molar-refractivity contribution in [3.63, 3.8) is 0 Å². The van der Waals surface area contributed by atoms with E-state index in [1.807, 2.05) is 13.8 Å². The minimum Gasteiger partial charge on any atom is -0.357 e. The van der Waals surface area contributed by atoms with E-state index < -0.39 is 11.7 Å². The molecule has 0 aliphatic heterocycles. The molecule has 1 atom stereocenters. The standard InChI is InChI=1S/C21H31F3N4O.HI/c1-3-25-20(26-12-5-8-19(29)28-18-9-10-18)27-13-11-15(2)16-6-4-7-17(14-16)21(22,23)24;/h4,6-7,14-15,18H,3,5,8-13H2,1-2H3,(H,28,29)(H2,25,26,27);1H. The first-order chi connectivity index (χ1) is 13.8. The van der Waals surface area contributed by atoms with E-state index in [2.05, 4.69) is 20.9 Å². The van der Waals surface area contributed by atoms with Crippen LogP contribution in [0.15, 0.2) is 29.3 Å². The van der Waals surface area contributed by atoms with Crippen LogP contribution < -0.4 is 16.0 Å². The number of hydrogen-bond acceptors (Lipinski definition) is 2. The molecule has 1 aromatic rings. The molecular formula is C21H32F3IN4O. The highest BCUT2D eigenvalue weighted by Crippen LogP contribution is 2.31. The SMILES string of the molecule is CCNC(=NCCCC(=O)NC1CC1)NCCC(C)c1cccc(C(F)(F)F)c1.I. The van der Waals surface area contributed by atoms with Gasteiger partial charge in [0.25, 0.3) is 0 Å². The van der Waals surface area contributed by atoms with E-state index >= 15 is 0 Å². The van der Waals surface area contributed by atoms with Crippen molar-refractivity contribution in [3.8, 4) is 0 Å². The molecule has 1 saturated carbocycles. The molecule has 2 rings (SSSR count). The molecule has 0 radical (unpaired) electrons. The number of carbonyl (C=O) groups is 1. The number of rotatable bonds is 10. The van der Waals surface area contributed by atoms with Crippen molar-refractivity contribution in [1.29, 1.82) is 0 Å². The summed E-state index contributed by atoms with van der Waals surface area (Å²) >= 11 is 0. The molecule has 9 heteroatoms. The average Bonchev–Trinajstić information content (AvgIpc) is 3.48. The van der Waals surface area contributed by atoms with Crippen LogP contribution in [0.5, 0.6) is 0 Å². The molecule has 0 aromatic heterocycles. The van der Waals surface area contributed by atoms with E-state index in [-0.39, 0.29) is 35.8 Å². The second-order valence-electron chi connectivity index (χ2n) is 7.45. The monoisotopic (exact) mass is 540 g/mol. The maximum Gasteiger partial charge on any atom is 0.416 e. The number of amides is 1. The normalized spacial score (nSPS) is 15.2. The third kappa shape index (κ3) is 9.99. The molecule has 1 aliphatic rings. The number of halogens is 4. The van der Waals surface area contributed by atoms with Crippen LogP contribution in [0.2, 0.25) is 0 Å². The Kier molecular flexibility index (Phi) is 11.5. The molecule has 0 saturated heterocycles. The van der Waals surface area contributed by atoms with E-state index in [9.17, 15) is 18.0 Å². The summed E-state index contributed by atoms with van der Waals surface area (Å²) in [5.41, 5.74) is 0.0562. The van der Waals surface area contributed by atoms with Gasteiger partial charge in [-0.3, -0.25) is 9.79 Å². The predicted molar refractivity (Wildman–Crippen MR) is 124 cm³/mol. The number of carbonyl (C=O) groups excluding carboxylic acids is 1. The lowest BCUT2D eigenvalue weighted by atomic mass is 9.96. The summed E-state index contributed by atoms with van der Waals surface area (Å²) < 4.78 is 38.6. The topological polar surface area (TPSA) is 65.5 Å². The van der Waals surface area contributed by atoms with Gasteiger partial charge in [0.1, 0.15) is 0 Å². The molecule has 0 bridgehead atoms. The van der Waals surface area contributed by atoms with Gasteiger partial charge in [-0.2, -0.15) is 13.2 Å². The molecule has 3 N–H and O–H groups in total. The summed E-state index contributed by atoms with van der Waals surface area (Å²) in [6, 6.07) is 5.87. The van der Waals surface area contributed by atoms with Crippen LogP contribution in [-0.4, -0.2) is 37.5 Å². The Morgan fingerprint density at radius 2 is 2.00 bits per heavy atom. The van der Waals surface area contributed by atoms with Crippen molar-refractivity contribution in [2.75, 3.05) is 19.6 Å². The van der Waals surface area contributed by atoms with Gasteiger partial charge in [0.2, 0.25) is 5.91 Å². The summed E-state index contributed by atoms with van der Waals surface area (Å²) in [5.74, 6) is 0.723. The minimum atomic E-state index is -4.32. The van der Waals surface area contributed by atoms with Gasteiger partial charge in [-0.1, -0.05) is 25.1 Å². The summed E-state index contributed by atoms with van der Waals surface area (Å²) in [7, 11) is 0. The van der Waals surface area contributed by atoms with E-state index in [1.165, 1.54) is 12.1 Å². The molecule has 1 unspecified atom stereocenters. The van der Waals surface area contributed by atoms with Crippen LogP contribution in [0.3, 0.4) is 0 Å². The van der Waals surface area contributed by atoms with E-state index in [0.29, 0.717) is 56.5 Å². The number of alkyl halides is 3. The lowest BCUT2D eigenvalue weighted by molar-refractivity contribution is -0.137. The first-order valence-corrected chi connectivity index (χ1v) is 10.3. The van der Waals surface area contributed by atoms with Gasteiger partial charge in [0, 0.05) is 32.1 Å². The number of nitrogens with one attached hydrogen (secondary N) is 3. The maximum absolute atomic E-state index is 12.9. The third-order valence-corrected chi connectivity index (χ3v) is 4.77. The van der Waals surface area contributed by atoms with Crippen molar-refractivity contribution < 1.29 is 18.0 Å². The predicted octanol–water partition coefficient (Wildman–Crippen LogP) is 4.43. The third-order valence-electron chi connectivity index (χ3n) is 4.77. The molecule has 30 heavy (non-hydrogen) atoms. The Morgan fingerprint density at radius 3 is 2.63 bits per heavy atom. The van der Waals surface area contributed by atoms with Crippen molar-refractivity contribution in [2.24, 2.45) is 4.99 Å². The fourth-order valence-electron chi connectivity index (χ4n) is 2.90. The van der Waals surface area contributed by atoms with Gasteiger partial charge >= 0.3 is 6.18 Å². The Morgan fingerprint density at radius 1 is 1.27 bits per heavy atom. The molecule has 1 amide bonds. The van der Waals surface area contributed by atoms with Crippen molar-refractivity contribution in [3.05, 3.63) is 35.4 Å². The van der Waals surface area contributed by atoms with Gasteiger partial charge < -0.3 is 16.0 Å². The van der Waals surface area contributed by atoms with Crippen molar-refractivity contribution in [1.82, 2.24) is 16.0 Å². The Labute approximate surface area is 193 Å². The highest BCUT2D eigenvalue weighted by Gasteiger charge is 2.30. The highest BCUT2D eigenvalue weighted by atomic mass is 127. The minimum absolute atomic E-state index is 0. The number of guanidine groups is 1. The van der Waals surface area contributed by atoms with Crippen LogP contribution in [0.1, 0.15) is 63.0 Å². The molecular weight excluding hydrogens is 508 g/mol. The molecule has 1 fully saturated rings. The second kappa shape index (κ2) is 13.0. The van der Waals surface area contributed by atoms with Gasteiger partial charge in [0.15, 0.2) is 5.96 Å². The maximum atomic E-state index is 12.9. The summed E-state index contributed by atoms with van der Waals surface area (Å²) in [5, 5.41) is 9.31. The smallest absolute Gasteiger partial charge is 0.357 e. The fraction of sp³-hybridized carbons (Fsp3) is 0.619. The molecule has 1 aromatic carbocycles. The molecule has 5 nitrogen and oxygen atoms in total. The summed E-state index contributed by atoms with van der Waals surface area (Å²) in [4.78, 5) is 16.1. The van der Waals surface area contributed by atoms with Crippen LogP contribution in [0.4, 0.5) is 13.2 Å². The lowest BCUT2D eigenvalue weighted by Gasteiger charge is -2.16. The Bertz CT molecular complexity index is 693. The van der Waals surface area contributed by atoms with E-state index in [1.54, 1.807) is 6.07 Å². The Hall–Kier alpha value is -1.52. The zero-order chi connectivity index (χ0) is 21.3. The van der Waals surface area contributed by atoms with Crippen molar-refractivity contribution in [2.45, 2.75) is 64.1 Å². The number of nitrogens with zero attached hydrogens (tertiary/aromatic N) is 1. The quantitative estimate of drug-likeness (QED) is 0.178. The zero-order valence-electron chi connectivity index (χ0n) is 17.5. The fourth-order valence-corrected chi connectivity index (χ4v) is 2.90. The first kappa shape index (κ1) is 26.5. The van der Waals surface area contributed by atoms with Gasteiger partial charge in [-0.25, -0.2) is 0 Å². The largest absolute Gasteiger partial charge is 0.416 e. The van der Waals surface area contributed by atoms with E-state index in [4.69, 9.17) is 0 Å². The number of benzene rings is 1. The zero-order valence-corrected chi connectivity index (χ0v) is 19.8. The Balaban J connectivity index is 0.00000450.